The number of nitrogens with two attached hydrogens (primary N) is 1. The van der Waals surface area contributed by atoms with E-state index in [0.717, 1.165) is 29.8 Å². The minimum absolute atomic E-state index is 0.664. The summed E-state index contributed by atoms with van der Waals surface area (Å²) in [6, 6.07) is 4.01. The van der Waals surface area contributed by atoms with Gasteiger partial charge in [0.2, 0.25) is 0 Å². The maximum Gasteiger partial charge on any atom is 0.128 e. The predicted molar refractivity (Wildman–Crippen MR) is 63.5 cm³/mol. The molecule has 0 atom stereocenters. The van der Waals surface area contributed by atoms with E-state index >= 15 is 0 Å². The molecule has 0 saturated heterocycles. The van der Waals surface area contributed by atoms with Gasteiger partial charge in [0.05, 0.1) is 0 Å². The molecule has 1 heterocycles. The summed E-state index contributed by atoms with van der Waals surface area (Å²) in [5.74, 6) is 1.00. The van der Waals surface area contributed by atoms with Crippen LogP contribution in [0.5, 0.6) is 0 Å². The highest BCUT2D eigenvalue weighted by Crippen LogP contribution is 2.14. The lowest BCUT2D eigenvalue weighted by atomic mass is 10.3. The maximum absolute atomic E-state index is 5.55. The molecule has 0 bridgehead atoms. The monoisotopic (exact) mass is 257 g/mol. The summed E-state index contributed by atoms with van der Waals surface area (Å²) in [5.41, 5.74) is 5.55. The lowest BCUT2D eigenvalue weighted by Gasteiger charge is -2.22. The van der Waals surface area contributed by atoms with Gasteiger partial charge in [0.25, 0.3) is 0 Å². The fourth-order valence-corrected chi connectivity index (χ4v) is 1.56. The van der Waals surface area contributed by atoms with Crippen LogP contribution in [0.1, 0.15) is 13.3 Å². The van der Waals surface area contributed by atoms with Crippen LogP contribution in [0.4, 0.5) is 5.82 Å². The number of nitrogens with zero attached hydrogens (tertiary/aromatic N) is 2. The van der Waals surface area contributed by atoms with Gasteiger partial charge in [0.15, 0.2) is 0 Å². The molecule has 1 aromatic heterocycles. The van der Waals surface area contributed by atoms with Crippen LogP contribution < -0.4 is 10.6 Å². The topological polar surface area (TPSA) is 42.1 Å². The highest BCUT2D eigenvalue weighted by Gasteiger charge is 2.04. The number of anilines is 1. The van der Waals surface area contributed by atoms with Crippen LogP contribution in [0.2, 0.25) is 0 Å². The van der Waals surface area contributed by atoms with Crippen molar-refractivity contribution in [3.8, 4) is 0 Å². The molecule has 0 amide bonds. The Labute approximate surface area is 93.4 Å². The first-order valence-corrected chi connectivity index (χ1v) is 5.63. The third-order valence-corrected chi connectivity index (χ3v) is 2.40. The quantitative estimate of drug-likeness (QED) is 0.878. The number of rotatable bonds is 5. The molecule has 4 heteroatoms. The number of aromatic nitrogens is 1. The van der Waals surface area contributed by atoms with Crippen molar-refractivity contribution in [3.63, 3.8) is 0 Å². The molecule has 0 spiro atoms. The van der Waals surface area contributed by atoms with Crippen LogP contribution >= 0.6 is 15.9 Å². The number of hydrogen-bond acceptors (Lipinski definition) is 3. The third-order valence-electron chi connectivity index (χ3n) is 1.93. The molecule has 0 fully saturated rings. The van der Waals surface area contributed by atoms with Gasteiger partial charge in [-0.3, -0.25) is 0 Å². The average Bonchev–Trinajstić information content (AvgIpc) is 2.19. The molecular weight excluding hydrogens is 242 g/mol. The van der Waals surface area contributed by atoms with Gasteiger partial charge in [-0.1, -0.05) is 6.92 Å². The first-order valence-electron chi connectivity index (χ1n) is 4.84. The molecule has 14 heavy (non-hydrogen) atoms. The summed E-state index contributed by atoms with van der Waals surface area (Å²) < 4.78 is 1.01. The smallest absolute Gasteiger partial charge is 0.128 e. The molecule has 2 N–H and O–H groups in total. The van der Waals surface area contributed by atoms with Gasteiger partial charge in [-0.2, -0.15) is 0 Å². The summed E-state index contributed by atoms with van der Waals surface area (Å²) in [6.45, 7) is 4.69. The molecule has 0 radical (unpaired) electrons. The Hall–Kier alpha value is -0.610. The van der Waals surface area contributed by atoms with Crippen LogP contribution in [0.3, 0.4) is 0 Å². The van der Waals surface area contributed by atoms with Crippen LogP contribution in [-0.2, 0) is 0 Å². The van der Waals surface area contributed by atoms with E-state index in [1.54, 1.807) is 0 Å². The highest BCUT2D eigenvalue weighted by molar-refractivity contribution is 9.10. The Morgan fingerprint density at radius 1 is 1.43 bits per heavy atom. The van der Waals surface area contributed by atoms with E-state index in [9.17, 15) is 0 Å². The second kappa shape index (κ2) is 5.98. The van der Waals surface area contributed by atoms with Gasteiger partial charge in [0, 0.05) is 30.3 Å². The van der Waals surface area contributed by atoms with Gasteiger partial charge in [-0.05, 0) is 34.5 Å². The van der Waals surface area contributed by atoms with Crippen molar-refractivity contribution < 1.29 is 0 Å². The number of halogens is 1. The fraction of sp³-hybridized carbons (Fsp3) is 0.500. The normalized spacial score (nSPS) is 10.2. The van der Waals surface area contributed by atoms with E-state index in [0.29, 0.717) is 6.54 Å². The Bertz CT molecular complexity index is 255. The molecule has 0 aliphatic rings. The van der Waals surface area contributed by atoms with Gasteiger partial charge >= 0.3 is 0 Å². The van der Waals surface area contributed by atoms with E-state index < -0.39 is 0 Å². The third kappa shape index (κ3) is 3.27. The fourth-order valence-electron chi connectivity index (χ4n) is 1.32. The molecule has 0 aliphatic carbocycles. The molecule has 0 unspecified atom stereocenters. The maximum atomic E-state index is 5.55. The zero-order valence-electron chi connectivity index (χ0n) is 8.41. The summed E-state index contributed by atoms with van der Waals surface area (Å²) in [6.07, 6.45) is 2.92. The van der Waals surface area contributed by atoms with Gasteiger partial charge in [-0.15, -0.1) is 0 Å². The van der Waals surface area contributed by atoms with E-state index in [-0.39, 0.29) is 0 Å². The lowest BCUT2D eigenvalue weighted by Crippen LogP contribution is -2.30. The standard InChI is InChI=1S/C10H16BrN3/c1-2-6-14(7-5-12)10-4-3-9(11)8-13-10/h3-4,8H,2,5-7,12H2,1H3. The molecular formula is C10H16BrN3. The molecule has 3 nitrogen and oxygen atoms in total. The molecule has 1 rings (SSSR count). The van der Waals surface area contributed by atoms with E-state index in [1.807, 2.05) is 18.3 Å². The summed E-state index contributed by atoms with van der Waals surface area (Å²) in [4.78, 5) is 6.54. The first kappa shape index (κ1) is 11.5. The lowest BCUT2D eigenvalue weighted by molar-refractivity contribution is 0.751. The Morgan fingerprint density at radius 3 is 2.71 bits per heavy atom. The molecule has 0 aliphatic heterocycles. The number of hydrogen-bond donors (Lipinski definition) is 1. The van der Waals surface area contributed by atoms with Crippen LogP contribution in [0.15, 0.2) is 22.8 Å². The zero-order valence-corrected chi connectivity index (χ0v) is 10.00. The Balaban J connectivity index is 2.71. The summed E-state index contributed by atoms with van der Waals surface area (Å²) in [5, 5.41) is 0. The van der Waals surface area contributed by atoms with Crippen LogP contribution in [0.25, 0.3) is 0 Å². The van der Waals surface area contributed by atoms with E-state index in [2.05, 4.69) is 32.7 Å². The first-order chi connectivity index (χ1) is 6.77. The molecule has 78 valence electrons. The number of pyridine rings is 1. The SMILES string of the molecule is CCCN(CCN)c1ccc(Br)cn1. The van der Waals surface area contributed by atoms with Crippen LogP contribution in [-0.4, -0.2) is 24.6 Å². The van der Waals surface area contributed by atoms with Crippen molar-refractivity contribution in [1.82, 2.24) is 4.98 Å². The van der Waals surface area contributed by atoms with Gasteiger partial charge in [0.1, 0.15) is 5.82 Å². The van der Waals surface area contributed by atoms with E-state index in [4.69, 9.17) is 5.73 Å². The second-order valence-corrected chi connectivity index (χ2v) is 4.03. The Morgan fingerprint density at radius 2 is 2.21 bits per heavy atom. The Kier molecular flexibility index (Phi) is 4.90. The van der Waals surface area contributed by atoms with Crippen molar-refractivity contribution in [2.45, 2.75) is 13.3 Å². The average molecular weight is 258 g/mol. The largest absolute Gasteiger partial charge is 0.355 e. The van der Waals surface area contributed by atoms with Crippen molar-refractivity contribution in [2.75, 3.05) is 24.5 Å². The van der Waals surface area contributed by atoms with Crippen molar-refractivity contribution in [1.29, 1.82) is 0 Å². The van der Waals surface area contributed by atoms with Crippen LogP contribution in [0, 0.1) is 0 Å². The van der Waals surface area contributed by atoms with Crippen molar-refractivity contribution in [2.24, 2.45) is 5.73 Å². The minimum Gasteiger partial charge on any atom is -0.355 e. The summed E-state index contributed by atoms with van der Waals surface area (Å²) >= 11 is 3.37. The summed E-state index contributed by atoms with van der Waals surface area (Å²) in [7, 11) is 0. The van der Waals surface area contributed by atoms with Crippen molar-refractivity contribution in [3.05, 3.63) is 22.8 Å². The van der Waals surface area contributed by atoms with E-state index in [1.165, 1.54) is 0 Å². The predicted octanol–water partition coefficient (Wildman–Crippen LogP) is 2.02. The van der Waals surface area contributed by atoms with Crippen molar-refractivity contribution >= 4 is 21.7 Å². The minimum atomic E-state index is 0.664. The van der Waals surface area contributed by atoms with Gasteiger partial charge < -0.3 is 10.6 Å². The molecule has 1 aromatic rings. The zero-order chi connectivity index (χ0) is 10.4. The second-order valence-electron chi connectivity index (χ2n) is 3.11. The molecule has 0 aromatic carbocycles. The molecule has 0 saturated carbocycles. The highest BCUT2D eigenvalue weighted by atomic mass is 79.9. The van der Waals surface area contributed by atoms with Gasteiger partial charge in [-0.25, -0.2) is 4.98 Å².